The predicted molar refractivity (Wildman–Crippen MR) is 108 cm³/mol. The molecule has 1 amide bonds. The number of aryl methyl sites for hydroxylation is 1. The van der Waals surface area contributed by atoms with Crippen LogP contribution in [0.25, 0.3) is 0 Å². The average Bonchev–Trinajstić information content (AvgIpc) is 2.60. The molecule has 26 heavy (non-hydrogen) atoms. The number of nitrogens with one attached hydrogen (secondary N) is 1. The molecule has 0 aliphatic heterocycles. The number of hydrogen-bond donors (Lipinski definition) is 1. The highest BCUT2D eigenvalue weighted by Gasteiger charge is 2.15. The van der Waals surface area contributed by atoms with Gasteiger partial charge in [0, 0.05) is 12.2 Å². The zero-order valence-corrected chi connectivity index (χ0v) is 17.4. The van der Waals surface area contributed by atoms with Gasteiger partial charge in [-0.05, 0) is 65.6 Å². The molecule has 6 heteroatoms. The van der Waals surface area contributed by atoms with Crippen LogP contribution in [0.3, 0.4) is 0 Å². The Balaban J connectivity index is 2.03. The van der Waals surface area contributed by atoms with Gasteiger partial charge in [-0.3, -0.25) is 9.69 Å². The van der Waals surface area contributed by atoms with E-state index in [0.717, 1.165) is 26.9 Å². The second-order valence-corrected chi connectivity index (χ2v) is 7.04. The molecule has 0 aliphatic carbocycles. The van der Waals surface area contributed by atoms with Crippen LogP contribution in [0.2, 0.25) is 0 Å². The van der Waals surface area contributed by atoms with Gasteiger partial charge in [0.2, 0.25) is 5.91 Å². The third kappa shape index (κ3) is 4.77. The second-order valence-electron chi connectivity index (χ2n) is 6.24. The number of anilines is 1. The largest absolute Gasteiger partial charge is 0.493 e. The van der Waals surface area contributed by atoms with Crippen LogP contribution >= 0.6 is 15.9 Å². The lowest BCUT2D eigenvalue weighted by atomic mass is 10.1. The molecule has 0 heterocycles. The average molecular weight is 421 g/mol. The minimum atomic E-state index is -0.0437. The van der Waals surface area contributed by atoms with Gasteiger partial charge in [0.1, 0.15) is 0 Å². The highest BCUT2D eigenvalue weighted by Crippen LogP contribution is 2.37. The quantitative estimate of drug-likeness (QED) is 0.730. The van der Waals surface area contributed by atoms with Gasteiger partial charge in [-0.15, -0.1) is 0 Å². The van der Waals surface area contributed by atoms with E-state index in [-0.39, 0.29) is 12.5 Å². The van der Waals surface area contributed by atoms with Crippen LogP contribution in [0.15, 0.2) is 34.8 Å². The maximum absolute atomic E-state index is 12.4. The summed E-state index contributed by atoms with van der Waals surface area (Å²) in [5.74, 6) is 1.27. The molecule has 0 saturated heterocycles. The fourth-order valence-corrected chi connectivity index (χ4v) is 3.34. The Morgan fingerprint density at radius 3 is 2.54 bits per heavy atom. The summed E-state index contributed by atoms with van der Waals surface area (Å²) in [6, 6.07) is 9.73. The maximum atomic E-state index is 12.4. The molecule has 0 spiro atoms. The molecule has 0 unspecified atom stereocenters. The fourth-order valence-electron chi connectivity index (χ4n) is 2.72. The van der Waals surface area contributed by atoms with Crippen LogP contribution in [0.4, 0.5) is 5.69 Å². The van der Waals surface area contributed by atoms with Gasteiger partial charge in [0.15, 0.2) is 11.5 Å². The van der Waals surface area contributed by atoms with Gasteiger partial charge in [-0.2, -0.15) is 0 Å². The number of methoxy groups -OCH3 is 2. The number of hydrogen-bond acceptors (Lipinski definition) is 4. The smallest absolute Gasteiger partial charge is 0.238 e. The van der Waals surface area contributed by atoms with Crippen molar-refractivity contribution < 1.29 is 14.3 Å². The molecule has 2 rings (SSSR count). The summed E-state index contributed by atoms with van der Waals surface area (Å²) < 4.78 is 11.5. The molecule has 0 fully saturated rings. The lowest BCUT2D eigenvalue weighted by molar-refractivity contribution is -0.117. The Hall–Kier alpha value is -2.05. The number of rotatable bonds is 7. The highest BCUT2D eigenvalue weighted by molar-refractivity contribution is 9.10. The van der Waals surface area contributed by atoms with Crippen LogP contribution in [0.5, 0.6) is 11.5 Å². The first kappa shape index (κ1) is 20.3. The van der Waals surface area contributed by atoms with E-state index in [1.54, 1.807) is 14.2 Å². The van der Waals surface area contributed by atoms with E-state index in [9.17, 15) is 4.79 Å². The van der Waals surface area contributed by atoms with Crippen molar-refractivity contribution in [3.8, 4) is 11.5 Å². The molecule has 5 nitrogen and oxygen atoms in total. The molecule has 2 aromatic carbocycles. The molecule has 0 atom stereocenters. The first-order chi connectivity index (χ1) is 12.4. The summed E-state index contributed by atoms with van der Waals surface area (Å²) in [5, 5.41) is 2.99. The van der Waals surface area contributed by atoms with E-state index >= 15 is 0 Å². The van der Waals surface area contributed by atoms with Gasteiger partial charge >= 0.3 is 0 Å². The number of nitrogens with zero attached hydrogens (tertiary/aromatic N) is 1. The molecule has 0 saturated carbocycles. The number of carbonyl (C=O) groups excluding carboxylic acids is 1. The normalized spacial score (nSPS) is 10.7. The van der Waals surface area contributed by atoms with Crippen molar-refractivity contribution in [2.45, 2.75) is 20.4 Å². The molecule has 2 aromatic rings. The Labute approximate surface area is 163 Å². The number of halogens is 1. The van der Waals surface area contributed by atoms with Crippen LogP contribution in [0, 0.1) is 13.8 Å². The van der Waals surface area contributed by atoms with E-state index in [4.69, 9.17) is 9.47 Å². The number of benzene rings is 2. The van der Waals surface area contributed by atoms with Crippen molar-refractivity contribution in [3.05, 3.63) is 51.5 Å². The number of amides is 1. The van der Waals surface area contributed by atoms with E-state index in [1.807, 2.05) is 56.1 Å². The van der Waals surface area contributed by atoms with Crippen molar-refractivity contribution in [1.29, 1.82) is 0 Å². The van der Waals surface area contributed by atoms with Crippen molar-refractivity contribution >= 4 is 27.5 Å². The molecule has 0 radical (unpaired) electrons. The molecule has 0 aliphatic rings. The second kappa shape index (κ2) is 9.05. The summed E-state index contributed by atoms with van der Waals surface area (Å²) in [5.41, 5.74) is 4.12. The lowest BCUT2D eigenvalue weighted by Crippen LogP contribution is -2.30. The summed E-state index contributed by atoms with van der Waals surface area (Å²) >= 11 is 3.57. The van der Waals surface area contributed by atoms with Crippen LogP contribution in [0.1, 0.15) is 16.7 Å². The van der Waals surface area contributed by atoms with Crippen molar-refractivity contribution in [2.75, 3.05) is 33.1 Å². The van der Waals surface area contributed by atoms with Crippen molar-refractivity contribution in [3.63, 3.8) is 0 Å². The Bertz CT molecular complexity index is 793. The minimum absolute atomic E-state index is 0.0437. The first-order valence-electron chi connectivity index (χ1n) is 8.31. The summed E-state index contributed by atoms with van der Waals surface area (Å²) in [6.07, 6.45) is 0. The van der Waals surface area contributed by atoms with Crippen molar-refractivity contribution in [2.24, 2.45) is 0 Å². The van der Waals surface area contributed by atoms with Crippen molar-refractivity contribution in [1.82, 2.24) is 4.90 Å². The SMILES string of the molecule is COc1ccc(CN(C)CC(=O)Nc2cccc(C)c2C)c(Br)c1OC. The zero-order valence-electron chi connectivity index (χ0n) is 15.9. The number of carbonyl (C=O) groups is 1. The van der Waals surface area contributed by atoms with Gasteiger partial charge < -0.3 is 14.8 Å². The third-order valence-corrected chi connectivity index (χ3v) is 5.17. The van der Waals surface area contributed by atoms with Gasteiger partial charge in [-0.1, -0.05) is 18.2 Å². The molecule has 0 bridgehead atoms. The summed E-state index contributed by atoms with van der Waals surface area (Å²) in [6.45, 7) is 4.93. The Morgan fingerprint density at radius 1 is 1.15 bits per heavy atom. The molecule has 0 aromatic heterocycles. The highest BCUT2D eigenvalue weighted by atomic mass is 79.9. The zero-order chi connectivity index (χ0) is 19.3. The van der Waals surface area contributed by atoms with Crippen LogP contribution in [-0.4, -0.2) is 38.6 Å². The van der Waals surface area contributed by atoms with Crippen LogP contribution < -0.4 is 14.8 Å². The van der Waals surface area contributed by atoms with E-state index in [2.05, 4.69) is 21.2 Å². The first-order valence-corrected chi connectivity index (χ1v) is 9.10. The lowest BCUT2D eigenvalue weighted by Gasteiger charge is -2.19. The fraction of sp³-hybridized carbons (Fsp3) is 0.350. The predicted octanol–water partition coefficient (Wildman–Crippen LogP) is 4.15. The standard InChI is InChI=1S/C20H25BrN2O3/c1-13-7-6-8-16(14(13)2)22-18(24)12-23(3)11-15-9-10-17(25-4)20(26-5)19(15)21/h6-10H,11-12H2,1-5H3,(H,22,24). The maximum Gasteiger partial charge on any atom is 0.238 e. The topological polar surface area (TPSA) is 50.8 Å². The monoisotopic (exact) mass is 420 g/mol. The minimum Gasteiger partial charge on any atom is -0.493 e. The Kier molecular flexibility index (Phi) is 7.06. The Morgan fingerprint density at radius 2 is 1.88 bits per heavy atom. The third-order valence-electron chi connectivity index (χ3n) is 4.30. The summed E-state index contributed by atoms with van der Waals surface area (Å²) in [7, 11) is 5.12. The number of likely N-dealkylation sites (N-methyl/N-ethyl adjacent to an activating group) is 1. The van der Waals surface area contributed by atoms with E-state index in [1.165, 1.54) is 0 Å². The van der Waals surface area contributed by atoms with Gasteiger partial charge in [0.05, 0.1) is 25.2 Å². The molecular weight excluding hydrogens is 396 g/mol. The van der Waals surface area contributed by atoms with Gasteiger partial charge in [0.25, 0.3) is 0 Å². The summed E-state index contributed by atoms with van der Waals surface area (Å²) in [4.78, 5) is 14.3. The van der Waals surface area contributed by atoms with E-state index in [0.29, 0.717) is 18.0 Å². The molecule has 1 N–H and O–H groups in total. The van der Waals surface area contributed by atoms with E-state index < -0.39 is 0 Å². The van der Waals surface area contributed by atoms with Crippen LogP contribution in [-0.2, 0) is 11.3 Å². The number of ether oxygens (including phenoxy) is 2. The molecule has 140 valence electrons. The van der Waals surface area contributed by atoms with Gasteiger partial charge in [-0.25, -0.2) is 0 Å². The molecular formula is C20H25BrN2O3.